The van der Waals surface area contributed by atoms with Gasteiger partial charge in [0, 0.05) is 22.3 Å². The highest BCUT2D eigenvalue weighted by Gasteiger charge is 2.25. The number of phenolic OH excluding ortho intramolecular Hbond substituents is 1. The maximum absolute atomic E-state index is 13.7. The molecule has 0 bridgehead atoms. The summed E-state index contributed by atoms with van der Waals surface area (Å²) in [6.07, 6.45) is 0.473. The molecule has 7 N–H and O–H groups in total. The fourth-order valence-corrected chi connectivity index (χ4v) is 9.44. The van der Waals surface area contributed by atoms with Crippen molar-refractivity contribution >= 4 is 81.9 Å². The summed E-state index contributed by atoms with van der Waals surface area (Å²) in [5.41, 5.74) is 4.51. The van der Waals surface area contributed by atoms with Gasteiger partial charge in [0.1, 0.15) is 58.9 Å². The van der Waals surface area contributed by atoms with Crippen molar-refractivity contribution in [3.63, 3.8) is 0 Å². The minimum absolute atomic E-state index is 0.0912. The molecular formula is C80H90N6O18. The number of carbonyl (C=O) groups is 8. The predicted molar refractivity (Wildman–Crippen MR) is 397 cm³/mol. The standard InChI is InChI=1S/C45H47N3O9.C35H43N3O9/c1-28(2)56-40-24-33(42(50)46-35-22-19-34(43(51)53-7)25-39(35)55-27-31-15-13-29(3)14-16-31)18-21-37(40)47-41(49)32-17-20-36(48-44(52)57-45(4,5)6)38(23-32)54-26-30-11-9-8-10-12-30;1-8-10-17-45-29-19-22(31(40)36-25-14-13-24(18-28(25)39)33(42)44-7)11-15-26(29)37-32(41)23-12-16-27(30(20-23)46-21(3)9-2)38-34(43)47-35(4,5)6/h8-25,28H,26-27H2,1-7H3,(H,46,50)(H,47,49)(H,48,52);11-16,18-21,39H,8-10,17H2,1-7H3,(H,36,40)(H,37,41)(H,38,43). The van der Waals surface area contributed by atoms with Gasteiger partial charge in [0.15, 0.2) is 0 Å². The summed E-state index contributed by atoms with van der Waals surface area (Å²) in [5.74, 6) is -2.14. The lowest BCUT2D eigenvalue weighted by Crippen LogP contribution is -2.27. The third-order valence-electron chi connectivity index (χ3n) is 14.8. The first-order chi connectivity index (χ1) is 49.4. The number of amides is 6. The molecule has 0 saturated heterocycles. The molecule has 1 unspecified atom stereocenters. The van der Waals surface area contributed by atoms with Crippen LogP contribution in [0.25, 0.3) is 0 Å². The number of benzene rings is 8. The van der Waals surface area contributed by atoms with Crippen LogP contribution in [0.2, 0.25) is 0 Å². The van der Waals surface area contributed by atoms with Crippen LogP contribution in [0.3, 0.4) is 0 Å². The third-order valence-corrected chi connectivity index (χ3v) is 14.8. The van der Waals surface area contributed by atoms with Crippen molar-refractivity contribution in [3.05, 3.63) is 214 Å². The molecule has 24 nitrogen and oxygen atoms in total. The minimum atomic E-state index is -0.725. The molecule has 8 rings (SSSR count). The molecule has 0 aliphatic carbocycles. The van der Waals surface area contributed by atoms with Crippen LogP contribution in [0.4, 0.5) is 43.7 Å². The Balaban J connectivity index is 0.000000297. The zero-order valence-corrected chi connectivity index (χ0v) is 60.9. The molecule has 0 aromatic heterocycles. The molecule has 0 radical (unpaired) electrons. The fourth-order valence-electron chi connectivity index (χ4n) is 9.44. The van der Waals surface area contributed by atoms with Gasteiger partial charge in [0.05, 0.1) is 78.3 Å². The van der Waals surface area contributed by atoms with Gasteiger partial charge in [-0.1, -0.05) is 80.4 Å². The molecule has 8 aromatic carbocycles. The largest absolute Gasteiger partial charge is 0.506 e. The quantitative estimate of drug-likeness (QED) is 0.0109. The summed E-state index contributed by atoms with van der Waals surface area (Å²) in [5, 5.41) is 26.9. The third kappa shape index (κ3) is 24.3. The van der Waals surface area contributed by atoms with Gasteiger partial charge in [-0.2, -0.15) is 0 Å². The second-order valence-corrected chi connectivity index (χ2v) is 26.1. The average molecular weight is 1420 g/mol. The topological polar surface area (TPSA) is 312 Å². The van der Waals surface area contributed by atoms with E-state index in [9.17, 15) is 43.5 Å². The molecule has 0 fully saturated rings. The van der Waals surface area contributed by atoms with Crippen molar-refractivity contribution in [1.29, 1.82) is 0 Å². The Morgan fingerprint density at radius 2 is 0.769 bits per heavy atom. The van der Waals surface area contributed by atoms with E-state index in [0.717, 1.165) is 29.5 Å². The summed E-state index contributed by atoms with van der Waals surface area (Å²) in [4.78, 5) is 103. The number of nitrogens with one attached hydrogen (secondary N) is 6. The number of hydrogen-bond donors (Lipinski definition) is 7. The zero-order valence-electron chi connectivity index (χ0n) is 60.9. The molecule has 0 aliphatic rings. The van der Waals surface area contributed by atoms with Crippen LogP contribution in [0.15, 0.2) is 164 Å². The lowest BCUT2D eigenvalue weighted by Gasteiger charge is -2.21. The van der Waals surface area contributed by atoms with Crippen molar-refractivity contribution in [2.75, 3.05) is 52.7 Å². The van der Waals surface area contributed by atoms with E-state index in [1.165, 1.54) is 74.9 Å². The molecule has 0 aliphatic heterocycles. The zero-order chi connectivity index (χ0) is 75.8. The first-order valence-electron chi connectivity index (χ1n) is 33.7. The van der Waals surface area contributed by atoms with E-state index in [0.29, 0.717) is 47.2 Å². The second-order valence-electron chi connectivity index (χ2n) is 26.1. The van der Waals surface area contributed by atoms with Crippen molar-refractivity contribution in [1.82, 2.24) is 0 Å². The van der Waals surface area contributed by atoms with E-state index >= 15 is 0 Å². The monoisotopic (exact) mass is 1420 g/mol. The molecule has 548 valence electrons. The van der Waals surface area contributed by atoms with E-state index in [-0.39, 0.29) is 93.2 Å². The highest BCUT2D eigenvalue weighted by atomic mass is 16.6. The average Bonchev–Trinajstić information content (AvgIpc) is 0.828. The van der Waals surface area contributed by atoms with Gasteiger partial charge in [0.2, 0.25) is 0 Å². The Hall–Kier alpha value is -12.1. The Labute approximate surface area is 605 Å². The maximum atomic E-state index is 13.7. The number of aromatic hydroxyl groups is 1. The van der Waals surface area contributed by atoms with Gasteiger partial charge >= 0.3 is 24.1 Å². The number of aryl methyl sites for hydroxylation is 1. The molecule has 0 heterocycles. The van der Waals surface area contributed by atoms with Crippen molar-refractivity contribution in [3.8, 4) is 34.5 Å². The normalized spacial score (nSPS) is 11.2. The molecule has 8 aromatic rings. The van der Waals surface area contributed by atoms with Crippen LogP contribution < -0.4 is 55.6 Å². The number of ether oxygens (including phenoxy) is 9. The maximum Gasteiger partial charge on any atom is 0.412 e. The van der Waals surface area contributed by atoms with E-state index in [1.807, 2.05) is 96.1 Å². The Kier molecular flexibility index (Phi) is 28.2. The van der Waals surface area contributed by atoms with Crippen LogP contribution in [0, 0.1) is 6.92 Å². The molecule has 1 atom stereocenters. The molecular weight excluding hydrogens is 1330 g/mol. The minimum Gasteiger partial charge on any atom is -0.506 e. The fraction of sp³-hybridized carbons (Fsp3) is 0.300. The van der Waals surface area contributed by atoms with Gasteiger partial charge < -0.3 is 69.0 Å². The summed E-state index contributed by atoms with van der Waals surface area (Å²) >= 11 is 0. The summed E-state index contributed by atoms with van der Waals surface area (Å²) in [6.45, 7) is 22.7. The van der Waals surface area contributed by atoms with Gasteiger partial charge in [0.25, 0.3) is 23.6 Å². The summed E-state index contributed by atoms with van der Waals surface area (Å²) in [6, 6.07) is 44.4. The smallest absolute Gasteiger partial charge is 0.412 e. The second kappa shape index (κ2) is 37.0. The number of carbonyl (C=O) groups excluding carboxylic acids is 8. The molecule has 0 saturated carbocycles. The van der Waals surface area contributed by atoms with Crippen molar-refractivity contribution in [2.45, 2.75) is 139 Å². The molecule has 104 heavy (non-hydrogen) atoms. The number of hydrogen-bond acceptors (Lipinski definition) is 18. The van der Waals surface area contributed by atoms with Crippen LogP contribution in [-0.2, 0) is 32.2 Å². The van der Waals surface area contributed by atoms with Gasteiger partial charge in [-0.05, 0) is 202 Å². The van der Waals surface area contributed by atoms with Crippen molar-refractivity contribution < 1.29 is 86.1 Å². The Morgan fingerprint density at radius 1 is 0.413 bits per heavy atom. The van der Waals surface area contributed by atoms with Crippen molar-refractivity contribution in [2.24, 2.45) is 0 Å². The van der Waals surface area contributed by atoms with Gasteiger partial charge in [-0.3, -0.25) is 29.8 Å². The SMILES string of the molecule is CCCCOc1cc(C(=O)Nc2ccc(C(=O)OC)cc2O)ccc1NC(=O)c1ccc(NC(=O)OC(C)(C)C)c(OC(C)CC)c1.COC(=O)c1ccc(NC(=O)c2ccc(NC(=O)c3ccc(NC(=O)OC(C)(C)C)c(OCc4ccccc4)c3)c(OC(C)C)c2)c(OCc2ccc(C)cc2)c1. The predicted octanol–water partition coefficient (Wildman–Crippen LogP) is 17.0. The Morgan fingerprint density at radius 3 is 1.18 bits per heavy atom. The number of phenols is 1. The highest BCUT2D eigenvalue weighted by Crippen LogP contribution is 2.36. The number of unbranched alkanes of at least 4 members (excludes halogenated alkanes) is 1. The first kappa shape index (κ1) is 79.2. The van der Waals surface area contributed by atoms with Crippen LogP contribution in [-0.4, -0.2) is 97.1 Å². The molecule has 6 amide bonds. The lowest BCUT2D eigenvalue weighted by molar-refractivity contribution is 0.0591. The highest BCUT2D eigenvalue weighted by molar-refractivity contribution is 6.10. The van der Waals surface area contributed by atoms with E-state index < -0.39 is 59.0 Å². The molecule has 0 spiro atoms. The summed E-state index contributed by atoms with van der Waals surface area (Å²) < 4.78 is 50.5. The number of rotatable bonds is 27. The van der Waals surface area contributed by atoms with E-state index in [1.54, 1.807) is 90.1 Å². The van der Waals surface area contributed by atoms with E-state index in [4.69, 9.17) is 37.9 Å². The number of methoxy groups -OCH3 is 2. The molecule has 24 heteroatoms. The van der Waals surface area contributed by atoms with Gasteiger partial charge in [-0.15, -0.1) is 0 Å². The van der Waals surface area contributed by atoms with Gasteiger partial charge in [-0.25, -0.2) is 19.2 Å². The first-order valence-corrected chi connectivity index (χ1v) is 33.7. The Bertz CT molecular complexity index is 4350. The number of anilines is 6. The lowest BCUT2D eigenvalue weighted by atomic mass is 10.1. The number of esters is 2. The van der Waals surface area contributed by atoms with Crippen LogP contribution >= 0.6 is 0 Å². The van der Waals surface area contributed by atoms with E-state index in [2.05, 4.69) is 36.6 Å². The summed E-state index contributed by atoms with van der Waals surface area (Å²) in [7, 11) is 2.51. The van der Waals surface area contributed by atoms with Crippen LogP contribution in [0.1, 0.15) is 174 Å². The van der Waals surface area contributed by atoms with Crippen LogP contribution in [0.5, 0.6) is 34.5 Å².